The summed E-state index contributed by atoms with van der Waals surface area (Å²) in [5.74, 6) is 2.38. The molecule has 0 amide bonds. The maximum atomic E-state index is 5.92. The summed E-state index contributed by atoms with van der Waals surface area (Å²) >= 11 is 9.21. The second-order valence-corrected chi connectivity index (χ2v) is 8.44. The molecule has 0 spiro atoms. The van der Waals surface area contributed by atoms with Crippen LogP contribution in [0.15, 0.2) is 33.7 Å². The van der Waals surface area contributed by atoms with Gasteiger partial charge in [0.05, 0.1) is 5.75 Å². The number of aromatic nitrogens is 4. The van der Waals surface area contributed by atoms with Crippen LogP contribution in [0.1, 0.15) is 22.2 Å². The molecule has 3 aromatic heterocycles. The molecule has 8 heteroatoms. The molecule has 0 aliphatic heterocycles. The van der Waals surface area contributed by atoms with Gasteiger partial charge in [-0.3, -0.25) is 0 Å². The lowest BCUT2D eigenvalue weighted by atomic mass is 10.2. The first-order valence-corrected chi connectivity index (χ1v) is 10.1. The van der Waals surface area contributed by atoms with Gasteiger partial charge in [-0.15, -0.1) is 21.5 Å². The highest BCUT2D eigenvalue weighted by molar-refractivity contribution is 7.98. The van der Waals surface area contributed by atoms with E-state index < -0.39 is 0 Å². The molecule has 4 rings (SSSR count). The maximum absolute atomic E-state index is 5.92. The average Bonchev–Trinajstić information content (AvgIpc) is 3.19. The fraction of sp³-hybridized carbons (Fsp3) is 0.222. The van der Waals surface area contributed by atoms with Crippen LogP contribution in [0.4, 0.5) is 0 Å². The Hall–Kier alpha value is -1.96. The fourth-order valence-electron chi connectivity index (χ4n) is 2.57. The van der Waals surface area contributed by atoms with Crippen molar-refractivity contribution in [1.29, 1.82) is 0 Å². The molecular weight excluding hydrogens is 388 g/mol. The first kappa shape index (κ1) is 17.5. The van der Waals surface area contributed by atoms with Crippen molar-refractivity contribution < 1.29 is 4.42 Å². The maximum Gasteiger partial charge on any atom is 0.247 e. The average molecular weight is 403 g/mol. The summed E-state index contributed by atoms with van der Waals surface area (Å²) in [6, 6.07) is 7.33. The topological polar surface area (TPSA) is 64.7 Å². The number of hydrogen-bond donors (Lipinski definition) is 0. The molecule has 3 heterocycles. The van der Waals surface area contributed by atoms with Gasteiger partial charge in [-0.05, 0) is 50.6 Å². The van der Waals surface area contributed by atoms with Gasteiger partial charge < -0.3 is 4.42 Å². The van der Waals surface area contributed by atoms with Crippen molar-refractivity contribution in [3.8, 4) is 11.5 Å². The van der Waals surface area contributed by atoms with Crippen LogP contribution in [0.5, 0.6) is 0 Å². The standard InChI is InChI=1S/C18H15ClN4OS2/c1-9-10(2)26-18-15(9)17(20-11(3)21-18)25-8-14-22-23-16(24-14)12-4-6-13(19)7-5-12/h4-7H,8H2,1-3H3. The highest BCUT2D eigenvalue weighted by Crippen LogP contribution is 2.36. The van der Waals surface area contributed by atoms with E-state index >= 15 is 0 Å². The van der Waals surface area contributed by atoms with E-state index in [9.17, 15) is 0 Å². The van der Waals surface area contributed by atoms with Crippen molar-refractivity contribution in [3.63, 3.8) is 0 Å². The molecule has 0 saturated carbocycles. The molecule has 0 aliphatic rings. The van der Waals surface area contributed by atoms with Crippen molar-refractivity contribution in [2.75, 3.05) is 0 Å². The zero-order valence-corrected chi connectivity index (χ0v) is 16.8. The van der Waals surface area contributed by atoms with E-state index in [0.29, 0.717) is 22.6 Å². The van der Waals surface area contributed by atoms with Gasteiger partial charge in [0.2, 0.25) is 11.8 Å². The molecule has 0 atom stereocenters. The number of thioether (sulfide) groups is 1. The quantitative estimate of drug-likeness (QED) is 0.326. The Morgan fingerprint density at radius 1 is 1.08 bits per heavy atom. The van der Waals surface area contributed by atoms with E-state index in [-0.39, 0.29) is 0 Å². The van der Waals surface area contributed by atoms with E-state index in [2.05, 4.69) is 34.0 Å². The van der Waals surface area contributed by atoms with Crippen LogP contribution in [0.3, 0.4) is 0 Å². The third-order valence-electron chi connectivity index (χ3n) is 4.00. The molecule has 5 nitrogen and oxygen atoms in total. The Bertz CT molecular complexity index is 1090. The van der Waals surface area contributed by atoms with Gasteiger partial charge in [-0.1, -0.05) is 23.4 Å². The van der Waals surface area contributed by atoms with Crippen LogP contribution in [-0.2, 0) is 5.75 Å². The van der Waals surface area contributed by atoms with Crippen LogP contribution in [-0.4, -0.2) is 20.2 Å². The predicted molar refractivity (Wildman–Crippen MR) is 106 cm³/mol. The lowest BCUT2D eigenvalue weighted by molar-refractivity contribution is 0.528. The zero-order valence-electron chi connectivity index (χ0n) is 14.4. The second kappa shape index (κ2) is 6.98. The molecule has 0 aliphatic carbocycles. The molecule has 0 saturated heterocycles. The first-order valence-electron chi connectivity index (χ1n) is 7.96. The smallest absolute Gasteiger partial charge is 0.247 e. The minimum atomic E-state index is 0.490. The molecular formula is C18H15ClN4OS2. The number of halogens is 1. The summed E-state index contributed by atoms with van der Waals surface area (Å²) in [5, 5.41) is 11.0. The van der Waals surface area contributed by atoms with Crippen LogP contribution >= 0.6 is 34.7 Å². The molecule has 0 fully saturated rings. The van der Waals surface area contributed by atoms with Crippen molar-refractivity contribution in [1.82, 2.24) is 20.2 Å². The number of rotatable bonds is 4. The van der Waals surface area contributed by atoms with Crippen molar-refractivity contribution in [2.45, 2.75) is 31.6 Å². The first-order chi connectivity index (χ1) is 12.5. The van der Waals surface area contributed by atoms with Gasteiger partial charge >= 0.3 is 0 Å². The largest absolute Gasteiger partial charge is 0.420 e. The van der Waals surface area contributed by atoms with Gasteiger partial charge in [0.25, 0.3) is 0 Å². The van der Waals surface area contributed by atoms with Crippen molar-refractivity contribution >= 4 is 44.9 Å². The van der Waals surface area contributed by atoms with Crippen LogP contribution in [0.2, 0.25) is 5.02 Å². The Kier molecular flexibility index (Phi) is 4.69. The Balaban J connectivity index is 1.58. The lowest BCUT2D eigenvalue weighted by Crippen LogP contribution is -1.92. The molecule has 0 bridgehead atoms. The SMILES string of the molecule is Cc1nc(SCc2nnc(-c3ccc(Cl)cc3)o2)c2c(C)c(C)sc2n1. The summed E-state index contributed by atoms with van der Waals surface area (Å²) in [6.07, 6.45) is 0. The monoisotopic (exact) mass is 402 g/mol. The number of benzene rings is 1. The number of aryl methyl sites for hydroxylation is 3. The molecule has 132 valence electrons. The third-order valence-corrected chi connectivity index (χ3v) is 6.31. The van der Waals surface area contributed by atoms with E-state index in [0.717, 1.165) is 26.6 Å². The number of hydrogen-bond acceptors (Lipinski definition) is 7. The predicted octanol–water partition coefficient (Wildman–Crippen LogP) is 5.61. The van der Waals surface area contributed by atoms with Gasteiger partial charge in [-0.2, -0.15) is 0 Å². The molecule has 0 radical (unpaired) electrons. The molecule has 26 heavy (non-hydrogen) atoms. The van der Waals surface area contributed by atoms with E-state index in [4.69, 9.17) is 16.0 Å². The minimum absolute atomic E-state index is 0.490. The lowest BCUT2D eigenvalue weighted by Gasteiger charge is -2.03. The number of thiophene rings is 1. The van der Waals surface area contributed by atoms with Gasteiger partial charge in [0.15, 0.2) is 0 Å². The molecule has 0 N–H and O–H groups in total. The summed E-state index contributed by atoms with van der Waals surface area (Å²) in [7, 11) is 0. The summed E-state index contributed by atoms with van der Waals surface area (Å²) in [4.78, 5) is 11.5. The second-order valence-electron chi connectivity index (χ2n) is 5.84. The van der Waals surface area contributed by atoms with Crippen LogP contribution in [0.25, 0.3) is 21.7 Å². The molecule has 0 unspecified atom stereocenters. The molecule has 1 aromatic carbocycles. The Morgan fingerprint density at radius 2 is 1.85 bits per heavy atom. The zero-order chi connectivity index (χ0) is 18.3. The van der Waals surface area contributed by atoms with Gasteiger partial charge in [0, 0.05) is 20.8 Å². The summed E-state index contributed by atoms with van der Waals surface area (Å²) in [5.41, 5.74) is 2.09. The highest BCUT2D eigenvalue weighted by Gasteiger charge is 2.15. The normalized spacial score (nSPS) is 11.4. The Labute approximate surface area is 163 Å². The van der Waals surface area contributed by atoms with Crippen LogP contribution < -0.4 is 0 Å². The van der Waals surface area contributed by atoms with Crippen molar-refractivity contribution in [2.24, 2.45) is 0 Å². The number of fused-ring (bicyclic) bond motifs is 1. The van der Waals surface area contributed by atoms with Gasteiger partial charge in [-0.25, -0.2) is 9.97 Å². The molecule has 4 aromatic rings. The van der Waals surface area contributed by atoms with Gasteiger partial charge in [0.1, 0.15) is 15.7 Å². The Morgan fingerprint density at radius 3 is 2.62 bits per heavy atom. The summed E-state index contributed by atoms with van der Waals surface area (Å²) < 4.78 is 5.78. The van der Waals surface area contributed by atoms with E-state index in [1.165, 1.54) is 10.4 Å². The van der Waals surface area contributed by atoms with E-state index in [1.807, 2.05) is 19.1 Å². The third kappa shape index (κ3) is 3.34. The van der Waals surface area contributed by atoms with Crippen molar-refractivity contribution in [3.05, 3.63) is 51.4 Å². The fourth-order valence-corrected chi connectivity index (χ4v) is 4.80. The van der Waals surface area contributed by atoms with Crippen LogP contribution in [0, 0.1) is 20.8 Å². The summed E-state index contributed by atoms with van der Waals surface area (Å²) in [6.45, 7) is 6.14. The number of nitrogens with zero attached hydrogens (tertiary/aromatic N) is 4. The highest BCUT2D eigenvalue weighted by atomic mass is 35.5. The van der Waals surface area contributed by atoms with E-state index in [1.54, 1.807) is 35.2 Å². The minimum Gasteiger partial charge on any atom is -0.420 e.